The number of hydrogen-bond acceptors (Lipinski definition) is 4. The van der Waals surface area contributed by atoms with Crippen molar-refractivity contribution in [2.24, 2.45) is 0 Å². The second-order valence-electron chi connectivity index (χ2n) is 5.33. The van der Waals surface area contributed by atoms with Crippen molar-refractivity contribution < 1.29 is 13.2 Å². The molecule has 4 nitrogen and oxygen atoms in total. The molecule has 0 atom stereocenters. The lowest BCUT2D eigenvalue weighted by Crippen LogP contribution is -2.22. The minimum Gasteiger partial charge on any atom is -0.286 e. The lowest BCUT2D eigenvalue weighted by molar-refractivity contribution is -0.110. The Labute approximate surface area is 141 Å². The molecule has 0 radical (unpaired) electrons. The van der Waals surface area contributed by atoms with Gasteiger partial charge in [-0.3, -0.25) is 9.52 Å². The summed E-state index contributed by atoms with van der Waals surface area (Å²) in [6.45, 7) is 3.22. The molecular weight excluding hydrogens is 330 g/mol. The van der Waals surface area contributed by atoms with E-state index in [0.29, 0.717) is 17.0 Å². The van der Waals surface area contributed by atoms with Gasteiger partial charge in [0.15, 0.2) is 5.12 Å². The first kappa shape index (κ1) is 17.6. The first-order valence-corrected chi connectivity index (χ1v) is 9.60. The Morgan fingerprint density at radius 2 is 1.65 bits per heavy atom. The van der Waals surface area contributed by atoms with Crippen LogP contribution < -0.4 is 4.72 Å². The normalized spacial score (nSPS) is 11.4. The van der Waals surface area contributed by atoms with Crippen LogP contribution in [0.4, 0.5) is 5.69 Å². The molecule has 0 saturated carbocycles. The molecule has 0 fully saturated rings. The summed E-state index contributed by atoms with van der Waals surface area (Å²) in [6, 6.07) is 16.4. The Kier molecular flexibility index (Phi) is 5.85. The second kappa shape index (κ2) is 7.66. The van der Waals surface area contributed by atoms with Gasteiger partial charge in [-0.15, -0.1) is 0 Å². The summed E-state index contributed by atoms with van der Waals surface area (Å²) in [5.74, 6) is 0. The summed E-state index contributed by atoms with van der Waals surface area (Å²) >= 11 is 1.05. The van der Waals surface area contributed by atoms with Crippen LogP contribution >= 0.6 is 11.8 Å². The van der Waals surface area contributed by atoms with Crippen LogP contribution in [0.3, 0.4) is 0 Å². The number of para-hydroxylation sites is 1. The van der Waals surface area contributed by atoms with E-state index < -0.39 is 15.3 Å². The molecular formula is C17H19NO3S2. The molecule has 2 aromatic carbocycles. The van der Waals surface area contributed by atoms with E-state index in [1.54, 1.807) is 38.1 Å². The Hall–Kier alpha value is -1.79. The monoisotopic (exact) mass is 349 g/mol. The number of carbonyl (C=O) groups excluding carboxylic acids is 1. The van der Waals surface area contributed by atoms with Gasteiger partial charge in [-0.1, -0.05) is 42.5 Å². The molecule has 1 N–H and O–H groups in total. The van der Waals surface area contributed by atoms with Gasteiger partial charge in [0.1, 0.15) is 0 Å². The number of sulfonamides is 1. The molecule has 2 rings (SSSR count). The number of thioether (sulfide) groups is 1. The lowest BCUT2D eigenvalue weighted by atomic mass is 10.2. The highest BCUT2D eigenvalue weighted by Gasteiger charge is 2.18. The highest BCUT2D eigenvalue weighted by atomic mass is 32.2. The van der Waals surface area contributed by atoms with Crippen molar-refractivity contribution >= 4 is 32.6 Å². The molecule has 0 bridgehead atoms. The fourth-order valence-corrected chi connectivity index (χ4v) is 3.48. The first-order valence-electron chi connectivity index (χ1n) is 7.24. The maximum absolute atomic E-state index is 12.2. The molecule has 0 aliphatic carbocycles. The minimum atomic E-state index is -3.44. The van der Waals surface area contributed by atoms with E-state index in [1.165, 1.54) is 0 Å². The predicted molar refractivity (Wildman–Crippen MR) is 95.1 cm³/mol. The molecule has 0 aromatic heterocycles. The van der Waals surface area contributed by atoms with E-state index in [-0.39, 0.29) is 5.12 Å². The fourth-order valence-electron chi connectivity index (χ4n) is 1.83. The average Bonchev–Trinajstić information content (AvgIpc) is 2.50. The highest BCUT2D eigenvalue weighted by molar-refractivity contribution is 8.13. The fraction of sp³-hybridized carbons (Fsp3) is 0.235. The largest absolute Gasteiger partial charge is 0.286 e. The SMILES string of the molecule is CC(C)S(=O)(=O)Nc1ccccc1SC(=O)Cc1ccccc1. The zero-order chi connectivity index (χ0) is 16.9. The van der Waals surface area contributed by atoms with Crippen molar-refractivity contribution in [2.75, 3.05) is 4.72 Å². The van der Waals surface area contributed by atoms with Crippen molar-refractivity contribution in [1.82, 2.24) is 0 Å². The Balaban J connectivity index is 2.13. The molecule has 0 spiro atoms. The number of nitrogens with one attached hydrogen (secondary N) is 1. The Bertz CT molecular complexity index is 771. The summed E-state index contributed by atoms with van der Waals surface area (Å²) in [7, 11) is -3.44. The van der Waals surface area contributed by atoms with Crippen molar-refractivity contribution in [3.05, 3.63) is 60.2 Å². The summed E-state index contributed by atoms with van der Waals surface area (Å²) < 4.78 is 26.6. The van der Waals surface area contributed by atoms with E-state index >= 15 is 0 Å². The zero-order valence-corrected chi connectivity index (χ0v) is 14.7. The lowest BCUT2D eigenvalue weighted by Gasteiger charge is -2.13. The van der Waals surface area contributed by atoms with Crippen LogP contribution in [0.2, 0.25) is 0 Å². The van der Waals surface area contributed by atoms with Gasteiger partial charge in [0.05, 0.1) is 10.9 Å². The van der Waals surface area contributed by atoms with Gasteiger partial charge >= 0.3 is 0 Å². The molecule has 0 saturated heterocycles. The second-order valence-corrected chi connectivity index (χ2v) is 8.66. The predicted octanol–water partition coefficient (Wildman–Crippen LogP) is 3.70. The third kappa shape index (κ3) is 5.11. The van der Waals surface area contributed by atoms with E-state index in [1.807, 2.05) is 30.3 Å². The van der Waals surface area contributed by atoms with E-state index in [4.69, 9.17) is 0 Å². The van der Waals surface area contributed by atoms with Crippen molar-refractivity contribution in [3.63, 3.8) is 0 Å². The summed E-state index contributed by atoms with van der Waals surface area (Å²) in [6.07, 6.45) is 0.302. The number of benzene rings is 2. The standard InChI is InChI=1S/C17H19NO3S2/c1-13(2)23(20,21)18-15-10-6-7-11-16(15)22-17(19)12-14-8-4-3-5-9-14/h3-11,13,18H,12H2,1-2H3. The van der Waals surface area contributed by atoms with Crippen molar-refractivity contribution in [1.29, 1.82) is 0 Å². The number of carbonyl (C=O) groups is 1. The Morgan fingerprint density at radius 3 is 2.30 bits per heavy atom. The van der Waals surface area contributed by atoms with Crippen LogP contribution in [0.15, 0.2) is 59.5 Å². The molecule has 0 aliphatic rings. The number of anilines is 1. The topological polar surface area (TPSA) is 63.2 Å². The molecule has 6 heteroatoms. The minimum absolute atomic E-state index is 0.0348. The van der Waals surface area contributed by atoms with Crippen LogP contribution in [-0.2, 0) is 21.2 Å². The highest BCUT2D eigenvalue weighted by Crippen LogP contribution is 2.29. The molecule has 0 amide bonds. The molecule has 2 aromatic rings. The molecule has 0 unspecified atom stereocenters. The third-order valence-electron chi connectivity index (χ3n) is 3.17. The van der Waals surface area contributed by atoms with Crippen LogP contribution in [0.25, 0.3) is 0 Å². The smallest absolute Gasteiger partial charge is 0.235 e. The van der Waals surface area contributed by atoms with Gasteiger partial charge in [0, 0.05) is 11.3 Å². The van der Waals surface area contributed by atoms with Gasteiger partial charge in [-0.05, 0) is 43.3 Å². The quantitative estimate of drug-likeness (QED) is 0.808. The van der Waals surface area contributed by atoms with Gasteiger partial charge < -0.3 is 0 Å². The first-order chi connectivity index (χ1) is 10.9. The van der Waals surface area contributed by atoms with Gasteiger partial charge in [0.2, 0.25) is 10.0 Å². The summed E-state index contributed by atoms with van der Waals surface area (Å²) in [5.41, 5.74) is 1.37. The van der Waals surface area contributed by atoms with Crippen LogP contribution in [0.1, 0.15) is 19.4 Å². The van der Waals surface area contributed by atoms with E-state index in [2.05, 4.69) is 4.72 Å². The molecule has 0 aliphatic heterocycles. The van der Waals surface area contributed by atoms with Crippen molar-refractivity contribution in [2.45, 2.75) is 30.4 Å². The van der Waals surface area contributed by atoms with E-state index in [0.717, 1.165) is 17.3 Å². The van der Waals surface area contributed by atoms with Crippen LogP contribution in [0.5, 0.6) is 0 Å². The molecule has 0 heterocycles. The van der Waals surface area contributed by atoms with E-state index in [9.17, 15) is 13.2 Å². The molecule has 23 heavy (non-hydrogen) atoms. The van der Waals surface area contributed by atoms with Gasteiger partial charge in [-0.2, -0.15) is 0 Å². The number of rotatable bonds is 6. The van der Waals surface area contributed by atoms with Crippen molar-refractivity contribution in [3.8, 4) is 0 Å². The molecule has 122 valence electrons. The number of hydrogen-bond donors (Lipinski definition) is 1. The zero-order valence-electron chi connectivity index (χ0n) is 13.0. The van der Waals surface area contributed by atoms with Gasteiger partial charge in [-0.25, -0.2) is 8.42 Å². The summed E-state index contributed by atoms with van der Waals surface area (Å²) in [4.78, 5) is 12.8. The Morgan fingerprint density at radius 1 is 1.04 bits per heavy atom. The average molecular weight is 349 g/mol. The summed E-state index contributed by atoms with van der Waals surface area (Å²) in [5, 5.41) is -0.576. The van der Waals surface area contributed by atoms with Gasteiger partial charge in [0.25, 0.3) is 0 Å². The van der Waals surface area contributed by atoms with Crippen LogP contribution in [0, 0.1) is 0 Å². The third-order valence-corrected chi connectivity index (χ3v) is 5.87. The maximum atomic E-state index is 12.2. The maximum Gasteiger partial charge on any atom is 0.235 e. The van der Waals surface area contributed by atoms with Crippen LogP contribution in [-0.4, -0.2) is 18.8 Å².